The molecule has 0 saturated heterocycles. The van der Waals surface area contributed by atoms with Gasteiger partial charge in [0.25, 0.3) is 0 Å². The molecule has 0 aromatic carbocycles. The Kier molecular flexibility index (Phi) is 6.11. The first-order valence-electron chi connectivity index (χ1n) is 8.36. The Hall–Kier alpha value is -1.01. The van der Waals surface area contributed by atoms with E-state index in [1.165, 1.54) is 48.1 Å². The van der Waals surface area contributed by atoms with Crippen LogP contribution in [0, 0.1) is 11.3 Å². The third kappa shape index (κ3) is 3.61. The molecule has 1 aromatic rings. The number of hydrogen-bond acceptors (Lipinski definition) is 3. The van der Waals surface area contributed by atoms with Crippen LogP contribution in [0.5, 0.6) is 0 Å². The van der Waals surface area contributed by atoms with E-state index >= 15 is 0 Å². The van der Waals surface area contributed by atoms with E-state index in [1.807, 2.05) is 11.8 Å². The molecule has 114 valence electrons. The minimum Gasteiger partial charge on any atom is -0.241 e. The summed E-state index contributed by atoms with van der Waals surface area (Å²) in [6.07, 6.45) is 9.55. The van der Waals surface area contributed by atoms with E-state index in [2.05, 4.69) is 31.8 Å². The van der Waals surface area contributed by atoms with Crippen molar-refractivity contribution in [2.45, 2.75) is 82.3 Å². The highest BCUT2D eigenvalue weighted by atomic mass is 32.2. The minimum atomic E-state index is 0.663. The van der Waals surface area contributed by atoms with Gasteiger partial charge in [0.1, 0.15) is 6.07 Å². The zero-order valence-corrected chi connectivity index (χ0v) is 14.4. The molecule has 1 heterocycles. The van der Waals surface area contributed by atoms with Gasteiger partial charge in [-0.05, 0) is 43.2 Å². The van der Waals surface area contributed by atoms with Gasteiger partial charge in [-0.25, -0.2) is 4.98 Å². The van der Waals surface area contributed by atoms with Crippen molar-refractivity contribution in [2.75, 3.05) is 0 Å². The van der Waals surface area contributed by atoms with Gasteiger partial charge >= 0.3 is 0 Å². The Bertz CT molecular complexity index is 525. The molecule has 0 amide bonds. The van der Waals surface area contributed by atoms with Gasteiger partial charge in [-0.15, -0.1) is 11.8 Å². The Morgan fingerprint density at radius 2 is 1.71 bits per heavy atom. The first-order chi connectivity index (χ1) is 10.2. The van der Waals surface area contributed by atoms with Gasteiger partial charge in [-0.3, -0.25) is 0 Å². The SMILES string of the molecule is CCc1nc(C#N)c(SC2CCCCC2)c(CC)c1CC. The minimum absolute atomic E-state index is 0.663. The van der Waals surface area contributed by atoms with Gasteiger partial charge in [-0.2, -0.15) is 5.26 Å². The number of thioether (sulfide) groups is 1. The predicted molar refractivity (Wildman–Crippen MR) is 89.8 cm³/mol. The topological polar surface area (TPSA) is 36.7 Å². The molecule has 0 atom stereocenters. The van der Waals surface area contributed by atoms with Crippen LogP contribution in [0.3, 0.4) is 0 Å². The van der Waals surface area contributed by atoms with Gasteiger partial charge in [0.15, 0.2) is 5.69 Å². The van der Waals surface area contributed by atoms with Crippen molar-refractivity contribution < 1.29 is 0 Å². The molecular weight excluding hydrogens is 276 g/mol. The van der Waals surface area contributed by atoms with E-state index in [9.17, 15) is 5.26 Å². The highest BCUT2D eigenvalue weighted by Gasteiger charge is 2.22. The lowest BCUT2D eigenvalue weighted by Crippen LogP contribution is -2.12. The fourth-order valence-corrected chi connectivity index (χ4v) is 4.86. The number of nitriles is 1. The Balaban J connectivity index is 2.43. The number of aryl methyl sites for hydroxylation is 1. The summed E-state index contributed by atoms with van der Waals surface area (Å²) in [4.78, 5) is 5.85. The smallest absolute Gasteiger partial charge is 0.154 e. The Labute approximate surface area is 133 Å². The number of pyridine rings is 1. The predicted octanol–water partition coefficient (Wildman–Crippen LogP) is 5.07. The molecule has 0 aliphatic heterocycles. The molecule has 1 fully saturated rings. The largest absolute Gasteiger partial charge is 0.241 e. The summed E-state index contributed by atoms with van der Waals surface area (Å²) in [6.45, 7) is 6.55. The summed E-state index contributed by atoms with van der Waals surface area (Å²) in [5.41, 5.74) is 4.56. The van der Waals surface area contributed by atoms with E-state index < -0.39 is 0 Å². The standard InChI is InChI=1S/C18H26N2S/c1-4-14-15(5-2)18(17(12-19)20-16(14)6-3)21-13-10-8-7-9-11-13/h13H,4-11H2,1-3H3. The lowest BCUT2D eigenvalue weighted by molar-refractivity contribution is 0.516. The molecule has 1 aliphatic rings. The summed E-state index contributed by atoms with van der Waals surface area (Å²) in [5, 5.41) is 10.2. The van der Waals surface area contributed by atoms with Crippen LogP contribution in [0.4, 0.5) is 0 Å². The molecule has 2 nitrogen and oxygen atoms in total. The van der Waals surface area contributed by atoms with Crippen molar-refractivity contribution in [3.05, 3.63) is 22.5 Å². The molecule has 0 radical (unpaired) electrons. The fraction of sp³-hybridized carbons (Fsp3) is 0.667. The molecule has 1 aliphatic carbocycles. The fourth-order valence-electron chi connectivity index (χ4n) is 3.34. The summed E-state index contributed by atoms with van der Waals surface area (Å²) in [5.74, 6) is 0. The molecule has 2 rings (SSSR count). The highest BCUT2D eigenvalue weighted by Crippen LogP contribution is 2.38. The van der Waals surface area contributed by atoms with Crippen LogP contribution >= 0.6 is 11.8 Å². The van der Waals surface area contributed by atoms with Gasteiger partial charge in [0, 0.05) is 15.8 Å². The molecule has 0 N–H and O–H groups in total. The van der Waals surface area contributed by atoms with E-state index in [4.69, 9.17) is 0 Å². The van der Waals surface area contributed by atoms with E-state index in [0.717, 1.165) is 25.0 Å². The molecule has 0 unspecified atom stereocenters. The number of hydrogen-bond donors (Lipinski definition) is 0. The van der Waals surface area contributed by atoms with Gasteiger partial charge in [-0.1, -0.05) is 40.0 Å². The van der Waals surface area contributed by atoms with E-state index in [0.29, 0.717) is 10.9 Å². The quantitative estimate of drug-likeness (QED) is 0.762. The van der Waals surface area contributed by atoms with E-state index in [1.54, 1.807) is 0 Å². The Morgan fingerprint density at radius 1 is 1.05 bits per heavy atom. The zero-order valence-electron chi connectivity index (χ0n) is 13.5. The number of aromatic nitrogens is 1. The monoisotopic (exact) mass is 302 g/mol. The second-order valence-corrected chi connectivity index (χ2v) is 7.05. The normalized spacial score (nSPS) is 15.9. The first kappa shape index (κ1) is 16.4. The van der Waals surface area contributed by atoms with Gasteiger partial charge in [0.2, 0.25) is 0 Å². The second kappa shape index (κ2) is 7.84. The van der Waals surface area contributed by atoms with Crippen molar-refractivity contribution in [2.24, 2.45) is 0 Å². The average molecular weight is 302 g/mol. The molecule has 21 heavy (non-hydrogen) atoms. The van der Waals surface area contributed by atoms with Crippen LogP contribution in [0.15, 0.2) is 4.90 Å². The van der Waals surface area contributed by atoms with Crippen LogP contribution in [-0.2, 0) is 19.3 Å². The van der Waals surface area contributed by atoms with Crippen LogP contribution in [-0.4, -0.2) is 10.2 Å². The lowest BCUT2D eigenvalue weighted by Gasteiger charge is -2.24. The van der Waals surface area contributed by atoms with Crippen LogP contribution in [0.1, 0.15) is 75.4 Å². The maximum atomic E-state index is 9.53. The third-order valence-corrected chi connectivity index (χ3v) is 5.91. The van der Waals surface area contributed by atoms with Gasteiger partial charge in [0.05, 0.1) is 0 Å². The number of rotatable bonds is 5. The summed E-state index contributed by atoms with van der Waals surface area (Å²) < 4.78 is 0. The summed E-state index contributed by atoms with van der Waals surface area (Å²) in [7, 11) is 0. The molecule has 0 bridgehead atoms. The van der Waals surface area contributed by atoms with Crippen molar-refractivity contribution in [3.8, 4) is 6.07 Å². The zero-order chi connectivity index (χ0) is 15.2. The van der Waals surface area contributed by atoms with Crippen LogP contribution in [0.25, 0.3) is 0 Å². The maximum absolute atomic E-state index is 9.53. The van der Waals surface area contributed by atoms with Crippen molar-refractivity contribution in [1.82, 2.24) is 4.98 Å². The first-order valence-corrected chi connectivity index (χ1v) is 9.24. The van der Waals surface area contributed by atoms with Crippen molar-refractivity contribution >= 4 is 11.8 Å². The lowest BCUT2D eigenvalue weighted by atomic mass is 9.99. The highest BCUT2D eigenvalue weighted by molar-refractivity contribution is 8.00. The third-order valence-electron chi connectivity index (χ3n) is 4.43. The number of nitrogens with zero attached hydrogens (tertiary/aromatic N) is 2. The van der Waals surface area contributed by atoms with Crippen LogP contribution < -0.4 is 0 Å². The Morgan fingerprint density at radius 3 is 2.24 bits per heavy atom. The molecule has 0 spiro atoms. The molecule has 1 aromatic heterocycles. The van der Waals surface area contributed by atoms with E-state index in [-0.39, 0.29) is 0 Å². The van der Waals surface area contributed by atoms with Crippen molar-refractivity contribution in [3.63, 3.8) is 0 Å². The van der Waals surface area contributed by atoms with Crippen LogP contribution in [0.2, 0.25) is 0 Å². The molecular formula is C18H26N2S. The summed E-state index contributed by atoms with van der Waals surface area (Å²) >= 11 is 1.93. The summed E-state index contributed by atoms with van der Waals surface area (Å²) in [6, 6.07) is 2.35. The maximum Gasteiger partial charge on any atom is 0.154 e. The second-order valence-electron chi connectivity index (χ2n) is 5.74. The molecule has 3 heteroatoms. The van der Waals surface area contributed by atoms with Gasteiger partial charge < -0.3 is 0 Å². The average Bonchev–Trinajstić information content (AvgIpc) is 2.54. The van der Waals surface area contributed by atoms with Crippen molar-refractivity contribution in [1.29, 1.82) is 5.26 Å². The molecule has 1 saturated carbocycles.